The summed E-state index contributed by atoms with van der Waals surface area (Å²) in [4.78, 5) is 15.5. The second-order valence-corrected chi connectivity index (χ2v) is 9.43. The third kappa shape index (κ3) is 3.68. The molecule has 0 atom stereocenters. The van der Waals surface area contributed by atoms with E-state index in [0.717, 1.165) is 29.7 Å². The summed E-state index contributed by atoms with van der Waals surface area (Å²) in [5.74, 6) is -0.0468. The summed E-state index contributed by atoms with van der Waals surface area (Å²) in [6.07, 6.45) is 1.76. The van der Waals surface area contributed by atoms with E-state index >= 15 is 0 Å². The SMILES string of the molecule is Cc1ccc(S(=O)(=O)Nc2ccc3c(c2)N(C(=O)c2cccs2)CCC3)cc1. The summed E-state index contributed by atoms with van der Waals surface area (Å²) in [5.41, 5.74) is 3.27. The Morgan fingerprint density at radius 2 is 1.89 bits per heavy atom. The van der Waals surface area contributed by atoms with Crippen LogP contribution in [-0.4, -0.2) is 20.9 Å². The number of benzene rings is 2. The number of sulfonamides is 1. The molecule has 1 aliphatic heterocycles. The molecule has 2 aromatic carbocycles. The first-order chi connectivity index (χ1) is 13.4. The molecule has 1 aliphatic rings. The average molecular weight is 413 g/mol. The van der Waals surface area contributed by atoms with Crippen molar-refractivity contribution in [3.8, 4) is 0 Å². The van der Waals surface area contributed by atoms with Gasteiger partial charge < -0.3 is 4.90 Å². The summed E-state index contributed by atoms with van der Waals surface area (Å²) in [6, 6.07) is 15.8. The van der Waals surface area contributed by atoms with Crippen LogP contribution >= 0.6 is 11.3 Å². The number of nitrogens with zero attached hydrogens (tertiary/aromatic N) is 1. The standard InChI is InChI=1S/C21H20N2O3S2/c1-15-6-10-18(11-7-15)28(25,26)22-17-9-8-16-4-2-12-23(19(16)14-17)21(24)20-5-3-13-27-20/h3,5-11,13-14,22H,2,4,12H2,1H3. The van der Waals surface area contributed by atoms with Gasteiger partial charge >= 0.3 is 0 Å². The number of hydrogen-bond acceptors (Lipinski definition) is 4. The second-order valence-electron chi connectivity index (χ2n) is 6.80. The van der Waals surface area contributed by atoms with E-state index < -0.39 is 10.0 Å². The maximum Gasteiger partial charge on any atom is 0.268 e. The Morgan fingerprint density at radius 3 is 2.61 bits per heavy atom. The Morgan fingerprint density at radius 1 is 1.11 bits per heavy atom. The monoisotopic (exact) mass is 412 g/mol. The van der Waals surface area contributed by atoms with E-state index in [4.69, 9.17) is 0 Å². The zero-order valence-electron chi connectivity index (χ0n) is 15.4. The molecule has 3 aromatic rings. The Labute approximate surface area is 168 Å². The molecular formula is C21H20N2O3S2. The van der Waals surface area contributed by atoms with Crippen LogP contribution in [0.1, 0.15) is 27.2 Å². The minimum Gasteiger partial charge on any atom is -0.307 e. The molecule has 0 spiro atoms. The quantitative estimate of drug-likeness (QED) is 0.688. The Kier molecular flexibility index (Phi) is 4.95. The maximum atomic E-state index is 12.9. The van der Waals surface area contributed by atoms with Crippen LogP contribution in [0.2, 0.25) is 0 Å². The predicted molar refractivity (Wildman–Crippen MR) is 113 cm³/mol. The van der Waals surface area contributed by atoms with E-state index in [1.807, 2.05) is 30.5 Å². The zero-order chi connectivity index (χ0) is 19.7. The molecule has 2 heterocycles. The van der Waals surface area contributed by atoms with Crippen molar-refractivity contribution in [1.29, 1.82) is 0 Å². The number of amides is 1. The number of anilines is 2. The number of hydrogen-bond donors (Lipinski definition) is 1. The van der Waals surface area contributed by atoms with Gasteiger partial charge in [-0.15, -0.1) is 11.3 Å². The lowest BCUT2D eigenvalue weighted by Crippen LogP contribution is -2.35. The molecule has 4 rings (SSSR count). The summed E-state index contributed by atoms with van der Waals surface area (Å²) in [7, 11) is -3.69. The highest BCUT2D eigenvalue weighted by Gasteiger charge is 2.25. The minimum atomic E-state index is -3.69. The van der Waals surface area contributed by atoms with Gasteiger partial charge in [-0.1, -0.05) is 29.8 Å². The van der Waals surface area contributed by atoms with Crippen LogP contribution in [-0.2, 0) is 16.4 Å². The lowest BCUT2D eigenvalue weighted by atomic mass is 10.0. The first-order valence-corrected chi connectivity index (χ1v) is 11.4. The average Bonchev–Trinajstić information content (AvgIpc) is 3.22. The number of nitrogens with one attached hydrogen (secondary N) is 1. The molecule has 5 nitrogen and oxygen atoms in total. The maximum absolute atomic E-state index is 12.9. The molecule has 7 heteroatoms. The molecule has 1 N–H and O–H groups in total. The molecule has 0 saturated carbocycles. The fourth-order valence-corrected chi connectivity index (χ4v) is 5.04. The van der Waals surface area contributed by atoms with Crippen LogP contribution in [0.25, 0.3) is 0 Å². The van der Waals surface area contributed by atoms with Gasteiger partial charge in [0.25, 0.3) is 15.9 Å². The normalized spacial score (nSPS) is 13.8. The molecule has 0 fully saturated rings. The highest BCUT2D eigenvalue weighted by molar-refractivity contribution is 7.92. The molecule has 0 saturated heterocycles. The van der Waals surface area contributed by atoms with Crippen LogP contribution < -0.4 is 9.62 Å². The molecule has 0 unspecified atom stereocenters. The topological polar surface area (TPSA) is 66.5 Å². The highest BCUT2D eigenvalue weighted by Crippen LogP contribution is 2.32. The summed E-state index contributed by atoms with van der Waals surface area (Å²) >= 11 is 1.41. The van der Waals surface area contributed by atoms with Crippen molar-refractivity contribution in [3.63, 3.8) is 0 Å². The van der Waals surface area contributed by atoms with Gasteiger partial charge in [0.2, 0.25) is 0 Å². The van der Waals surface area contributed by atoms with E-state index in [0.29, 0.717) is 17.1 Å². The number of carbonyl (C=O) groups is 1. The third-order valence-electron chi connectivity index (χ3n) is 4.76. The molecular weight excluding hydrogens is 392 g/mol. The van der Waals surface area contributed by atoms with Crippen molar-refractivity contribution in [2.24, 2.45) is 0 Å². The Bertz CT molecular complexity index is 1110. The molecule has 1 amide bonds. The number of thiophene rings is 1. The van der Waals surface area contributed by atoms with E-state index in [9.17, 15) is 13.2 Å². The van der Waals surface area contributed by atoms with Gasteiger partial charge in [0.15, 0.2) is 0 Å². The van der Waals surface area contributed by atoms with Crippen molar-refractivity contribution < 1.29 is 13.2 Å². The predicted octanol–water partition coefficient (Wildman–Crippen LogP) is 4.45. The smallest absolute Gasteiger partial charge is 0.268 e. The third-order valence-corrected chi connectivity index (χ3v) is 7.02. The van der Waals surface area contributed by atoms with E-state index in [1.54, 1.807) is 41.3 Å². The summed E-state index contributed by atoms with van der Waals surface area (Å²) in [6.45, 7) is 2.53. The van der Waals surface area contributed by atoms with Crippen molar-refractivity contribution >= 4 is 38.6 Å². The number of fused-ring (bicyclic) bond motifs is 1. The molecule has 144 valence electrons. The number of rotatable bonds is 4. The lowest BCUT2D eigenvalue weighted by molar-refractivity contribution is 0.0989. The lowest BCUT2D eigenvalue weighted by Gasteiger charge is -2.29. The van der Waals surface area contributed by atoms with Gasteiger partial charge in [-0.3, -0.25) is 9.52 Å². The van der Waals surface area contributed by atoms with E-state index in [-0.39, 0.29) is 10.8 Å². The summed E-state index contributed by atoms with van der Waals surface area (Å²) < 4.78 is 28.0. The molecule has 0 bridgehead atoms. The Hall–Kier alpha value is -2.64. The molecule has 0 aliphatic carbocycles. The Balaban J connectivity index is 1.65. The first kappa shape index (κ1) is 18.7. The van der Waals surface area contributed by atoms with Crippen molar-refractivity contribution in [3.05, 3.63) is 76.0 Å². The first-order valence-electron chi connectivity index (χ1n) is 9.02. The van der Waals surface area contributed by atoms with Gasteiger partial charge in [-0.2, -0.15) is 0 Å². The van der Waals surface area contributed by atoms with Gasteiger partial charge in [-0.25, -0.2) is 8.42 Å². The van der Waals surface area contributed by atoms with Crippen molar-refractivity contribution in [1.82, 2.24) is 0 Å². The largest absolute Gasteiger partial charge is 0.307 e. The highest BCUT2D eigenvalue weighted by atomic mass is 32.2. The zero-order valence-corrected chi connectivity index (χ0v) is 17.0. The van der Waals surface area contributed by atoms with Gasteiger partial charge in [-0.05, 0) is 61.0 Å². The van der Waals surface area contributed by atoms with Crippen LogP contribution in [0.5, 0.6) is 0 Å². The van der Waals surface area contributed by atoms with Crippen LogP contribution in [0.3, 0.4) is 0 Å². The van der Waals surface area contributed by atoms with Crippen molar-refractivity contribution in [2.45, 2.75) is 24.7 Å². The molecule has 28 heavy (non-hydrogen) atoms. The molecule has 0 radical (unpaired) electrons. The molecule has 1 aromatic heterocycles. The van der Waals surface area contributed by atoms with Gasteiger partial charge in [0, 0.05) is 12.2 Å². The van der Waals surface area contributed by atoms with Crippen LogP contribution in [0.4, 0.5) is 11.4 Å². The van der Waals surface area contributed by atoms with Crippen LogP contribution in [0.15, 0.2) is 64.9 Å². The van der Waals surface area contributed by atoms with Crippen molar-refractivity contribution in [2.75, 3.05) is 16.2 Å². The summed E-state index contributed by atoms with van der Waals surface area (Å²) in [5, 5.41) is 1.88. The van der Waals surface area contributed by atoms with Crippen LogP contribution in [0, 0.1) is 6.92 Å². The fraction of sp³-hybridized carbons (Fsp3) is 0.190. The number of aryl methyl sites for hydroxylation is 2. The van der Waals surface area contributed by atoms with Gasteiger partial charge in [0.1, 0.15) is 0 Å². The minimum absolute atomic E-state index is 0.0468. The second kappa shape index (κ2) is 7.41. The van der Waals surface area contributed by atoms with E-state index in [2.05, 4.69) is 4.72 Å². The number of carbonyl (C=O) groups excluding carboxylic acids is 1. The van der Waals surface area contributed by atoms with Gasteiger partial charge in [0.05, 0.1) is 15.5 Å². The van der Waals surface area contributed by atoms with E-state index in [1.165, 1.54) is 11.3 Å². The fourth-order valence-electron chi connectivity index (χ4n) is 3.31.